The van der Waals surface area contributed by atoms with Crippen molar-refractivity contribution in [3.05, 3.63) is 0 Å². The van der Waals surface area contributed by atoms with Crippen molar-refractivity contribution in [2.45, 2.75) is 56.8 Å². The van der Waals surface area contributed by atoms with Gasteiger partial charge in [0.05, 0.1) is 11.7 Å². The summed E-state index contributed by atoms with van der Waals surface area (Å²) in [5.41, 5.74) is 0.0962. The van der Waals surface area contributed by atoms with Gasteiger partial charge in [-0.25, -0.2) is 0 Å². The summed E-state index contributed by atoms with van der Waals surface area (Å²) >= 11 is 0. The minimum Gasteiger partial charge on any atom is -0.381 e. The Kier molecular flexibility index (Phi) is 4.65. The topological polar surface area (TPSA) is 39.7 Å². The predicted octanol–water partition coefficient (Wildman–Crippen LogP) is 1.98. The van der Waals surface area contributed by atoms with Gasteiger partial charge in [-0.1, -0.05) is 0 Å². The van der Waals surface area contributed by atoms with Crippen molar-refractivity contribution in [2.75, 3.05) is 33.5 Å². The first-order valence-electron chi connectivity index (χ1n) is 8.25. The van der Waals surface area contributed by atoms with Gasteiger partial charge in [-0.15, -0.1) is 0 Å². The van der Waals surface area contributed by atoms with E-state index in [2.05, 4.69) is 19.3 Å². The molecule has 1 N–H and O–H groups in total. The maximum absolute atomic E-state index is 6.18. The number of rotatable bonds is 3. The average molecular weight is 283 g/mol. The molecule has 116 valence electrons. The summed E-state index contributed by atoms with van der Waals surface area (Å²) in [5, 5.41) is 3.60. The van der Waals surface area contributed by atoms with E-state index in [1.807, 2.05) is 0 Å². The fourth-order valence-corrected chi connectivity index (χ4v) is 4.48. The fraction of sp³-hybridized carbons (Fsp3) is 1.00. The SMILES string of the molecule is CNC(C1CCOC2(CCOCC2)C1)C1CCOC1C. The second-order valence-electron chi connectivity index (χ2n) is 6.74. The molecular weight excluding hydrogens is 254 g/mol. The van der Waals surface area contributed by atoms with E-state index >= 15 is 0 Å². The molecule has 1 spiro atoms. The Bertz CT molecular complexity index is 311. The molecule has 4 heteroatoms. The molecule has 0 bridgehead atoms. The molecule has 3 aliphatic heterocycles. The van der Waals surface area contributed by atoms with Crippen LogP contribution in [0.1, 0.15) is 39.0 Å². The molecule has 3 saturated heterocycles. The smallest absolute Gasteiger partial charge is 0.0729 e. The summed E-state index contributed by atoms with van der Waals surface area (Å²) < 4.78 is 17.5. The molecule has 0 aromatic heterocycles. The summed E-state index contributed by atoms with van der Waals surface area (Å²) in [6, 6.07) is 0.566. The van der Waals surface area contributed by atoms with Crippen molar-refractivity contribution in [1.29, 1.82) is 0 Å². The van der Waals surface area contributed by atoms with E-state index in [0.29, 0.717) is 24.0 Å². The molecule has 3 rings (SSSR count). The van der Waals surface area contributed by atoms with E-state index in [0.717, 1.165) is 39.3 Å². The highest BCUT2D eigenvalue weighted by atomic mass is 16.5. The first kappa shape index (κ1) is 14.8. The van der Waals surface area contributed by atoms with Gasteiger partial charge in [0.15, 0.2) is 0 Å². The van der Waals surface area contributed by atoms with E-state index in [-0.39, 0.29) is 5.60 Å². The summed E-state index contributed by atoms with van der Waals surface area (Å²) in [5.74, 6) is 1.36. The number of ether oxygens (including phenoxy) is 3. The fourth-order valence-electron chi connectivity index (χ4n) is 4.48. The predicted molar refractivity (Wildman–Crippen MR) is 77.8 cm³/mol. The van der Waals surface area contributed by atoms with Crippen LogP contribution in [0, 0.1) is 11.8 Å². The van der Waals surface area contributed by atoms with Crippen LogP contribution in [0.4, 0.5) is 0 Å². The third kappa shape index (κ3) is 2.89. The quantitative estimate of drug-likeness (QED) is 0.860. The molecule has 3 fully saturated rings. The normalized spacial score (nSPS) is 39.0. The van der Waals surface area contributed by atoms with Gasteiger partial charge in [0.1, 0.15) is 0 Å². The highest BCUT2D eigenvalue weighted by molar-refractivity contribution is 4.96. The van der Waals surface area contributed by atoms with E-state index in [4.69, 9.17) is 14.2 Å². The van der Waals surface area contributed by atoms with Crippen molar-refractivity contribution < 1.29 is 14.2 Å². The minimum atomic E-state index is 0.0962. The maximum atomic E-state index is 6.18. The van der Waals surface area contributed by atoms with Crippen LogP contribution >= 0.6 is 0 Å². The van der Waals surface area contributed by atoms with E-state index < -0.39 is 0 Å². The molecule has 3 heterocycles. The molecular formula is C16H29NO3. The van der Waals surface area contributed by atoms with Crippen molar-refractivity contribution in [2.24, 2.45) is 11.8 Å². The van der Waals surface area contributed by atoms with Gasteiger partial charge in [-0.05, 0) is 52.0 Å². The first-order valence-corrected chi connectivity index (χ1v) is 8.25. The highest BCUT2D eigenvalue weighted by Gasteiger charge is 2.44. The molecule has 0 aliphatic carbocycles. The third-order valence-electron chi connectivity index (χ3n) is 5.67. The van der Waals surface area contributed by atoms with Crippen LogP contribution in [0.5, 0.6) is 0 Å². The Labute approximate surface area is 122 Å². The average Bonchev–Trinajstić information content (AvgIpc) is 2.87. The maximum Gasteiger partial charge on any atom is 0.0729 e. The molecule has 0 amide bonds. The molecule has 0 aromatic rings. The lowest BCUT2D eigenvalue weighted by atomic mass is 9.73. The summed E-state index contributed by atoms with van der Waals surface area (Å²) in [6.45, 7) is 5.78. The molecule has 4 atom stereocenters. The lowest BCUT2D eigenvalue weighted by molar-refractivity contribution is -0.152. The van der Waals surface area contributed by atoms with Gasteiger partial charge in [0.25, 0.3) is 0 Å². The molecule has 0 radical (unpaired) electrons. The van der Waals surface area contributed by atoms with Gasteiger partial charge in [-0.2, -0.15) is 0 Å². The van der Waals surface area contributed by atoms with Crippen LogP contribution in [0.2, 0.25) is 0 Å². The molecule has 4 nitrogen and oxygen atoms in total. The van der Waals surface area contributed by atoms with Crippen LogP contribution in [0.3, 0.4) is 0 Å². The summed E-state index contributed by atoms with van der Waals surface area (Å²) in [7, 11) is 2.11. The second-order valence-corrected chi connectivity index (χ2v) is 6.74. The Morgan fingerprint density at radius 3 is 2.55 bits per heavy atom. The molecule has 0 saturated carbocycles. The monoisotopic (exact) mass is 283 g/mol. The zero-order chi connectivity index (χ0) is 14.0. The van der Waals surface area contributed by atoms with E-state index in [1.165, 1.54) is 19.3 Å². The zero-order valence-electron chi connectivity index (χ0n) is 12.9. The molecule has 3 aliphatic rings. The number of nitrogens with one attached hydrogen (secondary N) is 1. The Morgan fingerprint density at radius 2 is 1.90 bits per heavy atom. The summed E-state index contributed by atoms with van der Waals surface area (Å²) in [4.78, 5) is 0. The zero-order valence-corrected chi connectivity index (χ0v) is 12.9. The van der Waals surface area contributed by atoms with Crippen molar-refractivity contribution in [3.63, 3.8) is 0 Å². The number of hydrogen-bond acceptors (Lipinski definition) is 4. The lowest BCUT2D eigenvalue weighted by Crippen LogP contribution is -2.51. The lowest BCUT2D eigenvalue weighted by Gasteiger charge is -2.46. The second kappa shape index (κ2) is 6.30. The molecule has 0 aromatic carbocycles. The van der Waals surface area contributed by atoms with Crippen LogP contribution in [0.25, 0.3) is 0 Å². The van der Waals surface area contributed by atoms with Crippen LogP contribution < -0.4 is 5.32 Å². The van der Waals surface area contributed by atoms with Crippen molar-refractivity contribution in [3.8, 4) is 0 Å². The minimum absolute atomic E-state index is 0.0962. The van der Waals surface area contributed by atoms with Crippen molar-refractivity contribution >= 4 is 0 Å². The van der Waals surface area contributed by atoms with Crippen LogP contribution in [-0.2, 0) is 14.2 Å². The summed E-state index contributed by atoms with van der Waals surface area (Å²) in [6.07, 6.45) is 6.08. The Balaban J connectivity index is 1.68. The van der Waals surface area contributed by atoms with Gasteiger partial charge < -0.3 is 19.5 Å². The van der Waals surface area contributed by atoms with Crippen LogP contribution in [0.15, 0.2) is 0 Å². The molecule has 4 unspecified atom stereocenters. The number of hydrogen-bond donors (Lipinski definition) is 1. The largest absolute Gasteiger partial charge is 0.381 e. The van der Waals surface area contributed by atoms with E-state index in [1.54, 1.807) is 0 Å². The Morgan fingerprint density at radius 1 is 1.10 bits per heavy atom. The van der Waals surface area contributed by atoms with Crippen LogP contribution in [-0.4, -0.2) is 51.2 Å². The van der Waals surface area contributed by atoms with E-state index in [9.17, 15) is 0 Å². The molecule has 20 heavy (non-hydrogen) atoms. The third-order valence-corrected chi connectivity index (χ3v) is 5.67. The highest BCUT2D eigenvalue weighted by Crippen LogP contribution is 2.41. The van der Waals surface area contributed by atoms with Gasteiger partial charge in [0.2, 0.25) is 0 Å². The first-order chi connectivity index (χ1) is 9.74. The van der Waals surface area contributed by atoms with Gasteiger partial charge in [0, 0.05) is 38.4 Å². The van der Waals surface area contributed by atoms with Crippen molar-refractivity contribution in [1.82, 2.24) is 5.32 Å². The Hall–Kier alpha value is -0.160. The van der Waals surface area contributed by atoms with Gasteiger partial charge >= 0.3 is 0 Å². The van der Waals surface area contributed by atoms with Gasteiger partial charge in [-0.3, -0.25) is 0 Å². The standard InChI is InChI=1S/C16H29NO3/c1-12-14(4-7-19-12)15(17-2)13-3-8-20-16(11-13)5-9-18-10-6-16/h12-15,17H,3-11H2,1-2H3.